The molecular formula is C27H23F4N3O4S. The molecule has 0 aliphatic rings. The zero-order valence-corrected chi connectivity index (χ0v) is 21.7. The van der Waals surface area contributed by atoms with E-state index in [0.29, 0.717) is 22.6 Å². The van der Waals surface area contributed by atoms with Crippen LogP contribution in [0.1, 0.15) is 11.1 Å². The third kappa shape index (κ3) is 6.51. The van der Waals surface area contributed by atoms with Crippen molar-refractivity contribution in [3.63, 3.8) is 0 Å². The average Bonchev–Trinajstić information content (AvgIpc) is 2.91. The number of fused-ring (bicyclic) bond motifs is 1. The summed E-state index contributed by atoms with van der Waals surface area (Å²) in [5.74, 6) is -0.606. The van der Waals surface area contributed by atoms with Crippen LogP contribution in [0.3, 0.4) is 0 Å². The predicted molar refractivity (Wildman–Crippen MR) is 140 cm³/mol. The lowest BCUT2D eigenvalue weighted by Gasteiger charge is -2.15. The molecule has 0 saturated heterocycles. The number of ether oxygens (including phenoxy) is 2. The Morgan fingerprint density at radius 2 is 1.69 bits per heavy atom. The maximum absolute atomic E-state index is 13.9. The SMILES string of the molecule is COc1cc2nc(SCC(=O)Nc3ccccc3F)n(CCc3ccc(C(F)(F)F)cc3)c(=O)c2cc1OC. The number of halogens is 4. The molecule has 3 aromatic carbocycles. The van der Waals surface area contributed by atoms with Crippen LogP contribution in [0, 0.1) is 5.82 Å². The second-order valence-electron chi connectivity index (χ2n) is 8.34. The Morgan fingerprint density at radius 1 is 1.03 bits per heavy atom. The molecule has 1 heterocycles. The summed E-state index contributed by atoms with van der Waals surface area (Å²) in [6.45, 7) is 0.0821. The van der Waals surface area contributed by atoms with Crippen molar-refractivity contribution in [2.45, 2.75) is 24.3 Å². The van der Waals surface area contributed by atoms with E-state index in [1.807, 2.05) is 0 Å². The van der Waals surface area contributed by atoms with Crippen molar-refractivity contribution in [1.82, 2.24) is 9.55 Å². The summed E-state index contributed by atoms with van der Waals surface area (Å²) in [5, 5.41) is 2.92. The fourth-order valence-electron chi connectivity index (χ4n) is 3.82. The first-order valence-corrected chi connectivity index (χ1v) is 12.6. The Hall–Kier alpha value is -4.06. The summed E-state index contributed by atoms with van der Waals surface area (Å²) in [6, 6.07) is 13.4. The summed E-state index contributed by atoms with van der Waals surface area (Å²) < 4.78 is 64.7. The van der Waals surface area contributed by atoms with Crippen LogP contribution in [-0.4, -0.2) is 35.4 Å². The van der Waals surface area contributed by atoms with Gasteiger partial charge in [-0.15, -0.1) is 0 Å². The lowest BCUT2D eigenvalue weighted by Crippen LogP contribution is -2.25. The second-order valence-corrected chi connectivity index (χ2v) is 9.28. The molecule has 0 aliphatic heterocycles. The number of hydrogen-bond acceptors (Lipinski definition) is 6. The first-order chi connectivity index (χ1) is 18.6. The highest BCUT2D eigenvalue weighted by Crippen LogP contribution is 2.32. The number of carbonyl (C=O) groups is 1. The normalized spacial score (nSPS) is 11.4. The molecule has 1 amide bonds. The summed E-state index contributed by atoms with van der Waals surface area (Å²) in [7, 11) is 2.87. The lowest BCUT2D eigenvalue weighted by molar-refractivity contribution is -0.137. The molecule has 0 bridgehead atoms. The quantitative estimate of drug-likeness (QED) is 0.164. The van der Waals surface area contributed by atoms with E-state index >= 15 is 0 Å². The van der Waals surface area contributed by atoms with Crippen molar-refractivity contribution < 1.29 is 31.8 Å². The van der Waals surface area contributed by atoms with Gasteiger partial charge in [-0.25, -0.2) is 9.37 Å². The maximum Gasteiger partial charge on any atom is 0.416 e. The highest BCUT2D eigenvalue weighted by atomic mass is 32.2. The van der Waals surface area contributed by atoms with Gasteiger partial charge in [0.15, 0.2) is 16.7 Å². The monoisotopic (exact) mass is 561 g/mol. The van der Waals surface area contributed by atoms with Crippen LogP contribution in [0.25, 0.3) is 10.9 Å². The number of aryl methyl sites for hydroxylation is 1. The summed E-state index contributed by atoms with van der Waals surface area (Å²) in [6.07, 6.45) is -4.22. The molecule has 12 heteroatoms. The van der Waals surface area contributed by atoms with Crippen molar-refractivity contribution in [3.05, 3.63) is 88.0 Å². The molecular weight excluding hydrogens is 538 g/mol. The second kappa shape index (κ2) is 11.8. The molecule has 0 fully saturated rings. The van der Waals surface area contributed by atoms with Crippen LogP contribution in [0.2, 0.25) is 0 Å². The molecule has 1 aromatic heterocycles. The van der Waals surface area contributed by atoms with Gasteiger partial charge in [-0.1, -0.05) is 36.0 Å². The summed E-state index contributed by atoms with van der Waals surface area (Å²) >= 11 is 0.970. The van der Waals surface area contributed by atoms with E-state index in [1.165, 1.54) is 55.2 Å². The van der Waals surface area contributed by atoms with Crippen molar-refractivity contribution >= 4 is 34.3 Å². The number of hydrogen-bond donors (Lipinski definition) is 1. The van der Waals surface area contributed by atoms with E-state index in [4.69, 9.17) is 9.47 Å². The van der Waals surface area contributed by atoms with Crippen LogP contribution < -0.4 is 20.3 Å². The number of anilines is 1. The van der Waals surface area contributed by atoms with Gasteiger partial charge in [-0.3, -0.25) is 14.2 Å². The van der Waals surface area contributed by atoms with E-state index in [1.54, 1.807) is 12.1 Å². The predicted octanol–water partition coefficient (Wildman–Crippen LogP) is 5.55. The zero-order chi connectivity index (χ0) is 28.2. The Bertz CT molecular complexity index is 1560. The topological polar surface area (TPSA) is 82.5 Å². The Kier molecular flexibility index (Phi) is 8.44. The van der Waals surface area contributed by atoms with Crippen LogP contribution in [-0.2, 0) is 23.9 Å². The number of nitrogens with zero attached hydrogens (tertiary/aromatic N) is 2. The van der Waals surface area contributed by atoms with Gasteiger partial charge in [-0.05, 0) is 42.3 Å². The van der Waals surface area contributed by atoms with E-state index in [9.17, 15) is 27.2 Å². The molecule has 1 N–H and O–H groups in total. The molecule has 0 unspecified atom stereocenters. The van der Waals surface area contributed by atoms with Crippen molar-refractivity contribution in [2.75, 3.05) is 25.3 Å². The molecule has 0 aliphatic carbocycles. The van der Waals surface area contributed by atoms with Crippen LogP contribution >= 0.6 is 11.8 Å². The van der Waals surface area contributed by atoms with Crippen molar-refractivity contribution in [2.24, 2.45) is 0 Å². The van der Waals surface area contributed by atoms with E-state index in [-0.39, 0.29) is 34.9 Å². The van der Waals surface area contributed by atoms with Gasteiger partial charge in [0.2, 0.25) is 5.91 Å². The number of thioether (sulfide) groups is 1. The number of aromatic nitrogens is 2. The lowest BCUT2D eigenvalue weighted by atomic mass is 10.1. The minimum atomic E-state index is -4.45. The fraction of sp³-hybridized carbons (Fsp3) is 0.222. The first-order valence-electron chi connectivity index (χ1n) is 11.6. The number of carbonyl (C=O) groups excluding carboxylic acids is 1. The molecule has 39 heavy (non-hydrogen) atoms. The highest BCUT2D eigenvalue weighted by Gasteiger charge is 2.30. The van der Waals surface area contributed by atoms with Crippen LogP contribution in [0.5, 0.6) is 11.5 Å². The summed E-state index contributed by atoms with van der Waals surface area (Å²) in [5.41, 5.74) is -0.291. The van der Waals surface area contributed by atoms with Gasteiger partial charge in [0, 0.05) is 12.6 Å². The Morgan fingerprint density at radius 3 is 2.33 bits per heavy atom. The van der Waals surface area contributed by atoms with E-state index < -0.39 is 29.0 Å². The molecule has 0 saturated carbocycles. The van der Waals surface area contributed by atoms with Gasteiger partial charge in [0.25, 0.3) is 5.56 Å². The van der Waals surface area contributed by atoms with E-state index in [2.05, 4.69) is 10.3 Å². The average molecular weight is 562 g/mol. The number of benzene rings is 3. The zero-order valence-electron chi connectivity index (χ0n) is 20.8. The number of para-hydroxylation sites is 1. The largest absolute Gasteiger partial charge is 0.493 e. The van der Waals surface area contributed by atoms with Gasteiger partial charge < -0.3 is 14.8 Å². The smallest absolute Gasteiger partial charge is 0.416 e. The van der Waals surface area contributed by atoms with Gasteiger partial charge in [-0.2, -0.15) is 13.2 Å². The highest BCUT2D eigenvalue weighted by molar-refractivity contribution is 7.99. The molecule has 0 spiro atoms. The van der Waals surface area contributed by atoms with Crippen LogP contribution in [0.4, 0.5) is 23.2 Å². The van der Waals surface area contributed by atoms with Crippen LogP contribution in [0.15, 0.2) is 70.6 Å². The number of amides is 1. The number of rotatable bonds is 9. The Balaban J connectivity index is 1.65. The fourth-order valence-corrected chi connectivity index (χ4v) is 4.64. The standard InChI is InChI=1S/C27H23F4N3O4S/c1-37-22-13-18-21(14-23(22)38-2)33-26(39-15-24(35)32-20-6-4-3-5-19(20)28)34(25(18)36)12-11-16-7-9-17(10-8-16)27(29,30)31/h3-10,13-14H,11-12,15H2,1-2H3,(H,32,35). The number of nitrogens with one attached hydrogen (secondary N) is 1. The number of alkyl halides is 3. The third-order valence-electron chi connectivity index (χ3n) is 5.81. The molecule has 0 atom stereocenters. The van der Waals surface area contributed by atoms with Gasteiger partial charge in [0.05, 0.1) is 42.1 Å². The number of methoxy groups -OCH3 is 2. The minimum Gasteiger partial charge on any atom is -0.493 e. The molecule has 204 valence electrons. The molecule has 0 radical (unpaired) electrons. The van der Waals surface area contributed by atoms with Crippen molar-refractivity contribution in [3.8, 4) is 11.5 Å². The van der Waals surface area contributed by atoms with E-state index in [0.717, 1.165) is 23.9 Å². The maximum atomic E-state index is 13.9. The Labute approximate surface area is 224 Å². The first kappa shape index (κ1) is 28.0. The molecule has 7 nitrogen and oxygen atoms in total. The van der Waals surface area contributed by atoms with Gasteiger partial charge >= 0.3 is 6.18 Å². The van der Waals surface area contributed by atoms with Crippen molar-refractivity contribution in [1.29, 1.82) is 0 Å². The van der Waals surface area contributed by atoms with Gasteiger partial charge in [0.1, 0.15) is 5.82 Å². The summed E-state index contributed by atoms with van der Waals surface area (Å²) in [4.78, 5) is 30.6. The third-order valence-corrected chi connectivity index (χ3v) is 6.79. The minimum absolute atomic E-state index is 0.0195. The molecule has 4 rings (SSSR count). The molecule has 4 aromatic rings.